The highest BCUT2D eigenvalue weighted by molar-refractivity contribution is 6.01. The summed E-state index contributed by atoms with van der Waals surface area (Å²) in [6, 6.07) is -0.299. The molecule has 1 rings (SSSR count). The lowest BCUT2D eigenvalue weighted by Gasteiger charge is -1.82. The van der Waals surface area contributed by atoms with Crippen molar-refractivity contribution >= 4 is 18.0 Å². The van der Waals surface area contributed by atoms with E-state index in [1.807, 2.05) is 19.2 Å². The standard InChI is InChI=1S/C4H7NO.C3H4N2O2/c1-4(2)5-3-6;6-2-1-4-3(7)5-2/h4H,1-2H3;1H2,(H2,4,5,6,7). The molecule has 0 radical (unpaired) electrons. The van der Waals surface area contributed by atoms with Crippen LogP contribution in [0.1, 0.15) is 13.8 Å². The summed E-state index contributed by atoms with van der Waals surface area (Å²) in [5, 5.41) is 4.30. The SMILES string of the molecule is CC(C)N=C=O.O=C1CNC(=O)N1. The summed E-state index contributed by atoms with van der Waals surface area (Å²) in [5.41, 5.74) is 0. The van der Waals surface area contributed by atoms with Crippen LogP contribution in [0.5, 0.6) is 0 Å². The van der Waals surface area contributed by atoms with Crippen molar-refractivity contribution in [2.45, 2.75) is 19.9 Å². The summed E-state index contributed by atoms with van der Waals surface area (Å²) in [6.07, 6.45) is 1.44. The third-order valence-electron chi connectivity index (χ3n) is 0.973. The first-order valence-corrected chi connectivity index (χ1v) is 3.71. The minimum atomic E-state index is -0.398. The zero-order valence-corrected chi connectivity index (χ0v) is 7.46. The smallest absolute Gasteiger partial charge is 0.321 e. The molecule has 1 heterocycles. The van der Waals surface area contributed by atoms with Crippen molar-refractivity contribution in [3.8, 4) is 0 Å². The molecule has 6 heteroatoms. The molecule has 1 aliphatic heterocycles. The lowest BCUT2D eigenvalue weighted by Crippen LogP contribution is -2.22. The van der Waals surface area contributed by atoms with E-state index in [1.165, 1.54) is 6.08 Å². The zero-order chi connectivity index (χ0) is 10.3. The van der Waals surface area contributed by atoms with Crippen molar-refractivity contribution in [1.82, 2.24) is 10.6 Å². The zero-order valence-electron chi connectivity index (χ0n) is 7.46. The van der Waals surface area contributed by atoms with Gasteiger partial charge < -0.3 is 5.32 Å². The van der Waals surface area contributed by atoms with Crippen molar-refractivity contribution < 1.29 is 14.4 Å². The summed E-state index contributed by atoms with van der Waals surface area (Å²) in [5.74, 6) is -0.259. The van der Waals surface area contributed by atoms with E-state index in [4.69, 9.17) is 0 Å². The highest BCUT2D eigenvalue weighted by Crippen LogP contribution is 1.78. The molecule has 1 fully saturated rings. The van der Waals surface area contributed by atoms with Crippen molar-refractivity contribution in [3.05, 3.63) is 0 Å². The Hall–Kier alpha value is -1.68. The lowest BCUT2D eigenvalue weighted by atomic mass is 10.4. The van der Waals surface area contributed by atoms with Gasteiger partial charge in [-0.2, -0.15) is 0 Å². The Balaban J connectivity index is 0.000000226. The molecule has 72 valence electrons. The van der Waals surface area contributed by atoms with E-state index in [-0.39, 0.29) is 18.5 Å². The van der Waals surface area contributed by atoms with Gasteiger partial charge in [-0.1, -0.05) is 0 Å². The van der Waals surface area contributed by atoms with Gasteiger partial charge in [-0.05, 0) is 13.8 Å². The normalized spacial score (nSPS) is 13.8. The third kappa shape index (κ3) is 6.71. The van der Waals surface area contributed by atoms with Crippen LogP contribution in [0.15, 0.2) is 4.99 Å². The maximum atomic E-state index is 10.1. The fourth-order valence-electron chi connectivity index (χ4n) is 0.481. The number of hydrogen-bond acceptors (Lipinski definition) is 4. The van der Waals surface area contributed by atoms with Gasteiger partial charge in [0.1, 0.15) is 0 Å². The van der Waals surface area contributed by atoms with Gasteiger partial charge in [-0.15, -0.1) is 0 Å². The monoisotopic (exact) mass is 185 g/mol. The first-order chi connectivity index (χ1) is 6.06. The Morgan fingerprint density at radius 1 is 1.46 bits per heavy atom. The van der Waals surface area contributed by atoms with Gasteiger partial charge in [-0.25, -0.2) is 14.6 Å². The molecule has 0 saturated carbocycles. The molecule has 0 aromatic rings. The molecule has 13 heavy (non-hydrogen) atoms. The largest absolute Gasteiger partial charge is 0.329 e. The summed E-state index contributed by atoms with van der Waals surface area (Å²) >= 11 is 0. The van der Waals surface area contributed by atoms with Crippen LogP contribution >= 0.6 is 0 Å². The van der Waals surface area contributed by atoms with Gasteiger partial charge in [0.2, 0.25) is 12.0 Å². The molecular weight excluding hydrogens is 174 g/mol. The minimum absolute atomic E-state index is 0.0995. The molecular formula is C7H11N3O3. The number of nitrogens with one attached hydrogen (secondary N) is 2. The summed E-state index contributed by atoms with van der Waals surface area (Å²) in [7, 11) is 0. The number of imide groups is 1. The number of amides is 3. The number of aliphatic imine (C=N–C) groups is 1. The lowest BCUT2D eigenvalue weighted by molar-refractivity contribution is -0.117. The van der Waals surface area contributed by atoms with Gasteiger partial charge in [0.15, 0.2) is 0 Å². The van der Waals surface area contributed by atoms with E-state index < -0.39 is 6.03 Å². The molecule has 0 atom stereocenters. The molecule has 0 aliphatic carbocycles. The second-order valence-electron chi connectivity index (χ2n) is 2.54. The first-order valence-electron chi connectivity index (χ1n) is 3.71. The van der Waals surface area contributed by atoms with Crippen LogP contribution in [0.3, 0.4) is 0 Å². The fourth-order valence-corrected chi connectivity index (χ4v) is 0.481. The highest BCUT2D eigenvalue weighted by atomic mass is 16.2. The molecule has 0 aromatic heterocycles. The Morgan fingerprint density at radius 2 is 2.08 bits per heavy atom. The Morgan fingerprint density at radius 3 is 2.15 bits per heavy atom. The van der Waals surface area contributed by atoms with Crippen molar-refractivity contribution in [2.24, 2.45) is 4.99 Å². The van der Waals surface area contributed by atoms with Gasteiger partial charge in [0.05, 0.1) is 12.6 Å². The number of nitrogens with zero attached hydrogens (tertiary/aromatic N) is 1. The number of isocyanates is 1. The number of urea groups is 1. The van der Waals surface area contributed by atoms with E-state index in [2.05, 4.69) is 10.3 Å². The Labute approximate surface area is 75.4 Å². The van der Waals surface area contributed by atoms with Crippen molar-refractivity contribution in [2.75, 3.05) is 6.54 Å². The van der Waals surface area contributed by atoms with Crippen molar-refractivity contribution in [3.63, 3.8) is 0 Å². The van der Waals surface area contributed by atoms with Crippen LogP contribution < -0.4 is 10.6 Å². The fraction of sp³-hybridized carbons (Fsp3) is 0.571. The van der Waals surface area contributed by atoms with Gasteiger partial charge in [0.25, 0.3) is 0 Å². The Kier molecular flexibility index (Phi) is 5.14. The van der Waals surface area contributed by atoms with E-state index in [1.54, 1.807) is 0 Å². The predicted molar refractivity (Wildman–Crippen MR) is 44.8 cm³/mol. The number of carbonyl (C=O) groups is 2. The highest BCUT2D eigenvalue weighted by Gasteiger charge is 2.14. The number of rotatable bonds is 1. The second-order valence-corrected chi connectivity index (χ2v) is 2.54. The summed E-state index contributed by atoms with van der Waals surface area (Å²) in [4.78, 5) is 32.7. The van der Waals surface area contributed by atoms with Crippen LogP contribution in [0.4, 0.5) is 4.79 Å². The topological polar surface area (TPSA) is 87.6 Å². The van der Waals surface area contributed by atoms with Crippen molar-refractivity contribution in [1.29, 1.82) is 0 Å². The molecule has 0 aromatic carbocycles. The van der Waals surface area contributed by atoms with Crippen LogP contribution in [0, 0.1) is 0 Å². The molecule has 3 amide bonds. The van der Waals surface area contributed by atoms with Gasteiger partial charge in [0, 0.05) is 0 Å². The summed E-state index contributed by atoms with van der Waals surface area (Å²) in [6.45, 7) is 3.77. The molecule has 1 aliphatic rings. The molecule has 2 N–H and O–H groups in total. The van der Waals surface area contributed by atoms with Crippen LogP contribution in [-0.2, 0) is 9.59 Å². The maximum absolute atomic E-state index is 10.1. The molecule has 1 saturated heterocycles. The van der Waals surface area contributed by atoms with E-state index in [0.29, 0.717) is 0 Å². The molecule has 0 unspecified atom stereocenters. The molecule has 0 spiro atoms. The average Bonchev–Trinajstić information content (AvgIpc) is 2.35. The Bertz CT molecular complexity index is 229. The van der Waals surface area contributed by atoms with E-state index in [9.17, 15) is 14.4 Å². The molecule has 6 nitrogen and oxygen atoms in total. The van der Waals surface area contributed by atoms with Crippen LogP contribution in [0.2, 0.25) is 0 Å². The second kappa shape index (κ2) is 5.91. The van der Waals surface area contributed by atoms with Crippen LogP contribution in [0.25, 0.3) is 0 Å². The number of carbonyl (C=O) groups excluding carboxylic acids is 3. The third-order valence-corrected chi connectivity index (χ3v) is 0.973. The summed E-state index contributed by atoms with van der Waals surface area (Å²) < 4.78 is 0. The quantitative estimate of drug-likeness (QED) is 0.329. The average molecular weight is 185 g/mol. The minimum Gasteiger partial charge on any atom is -0.329 e. The van der Waals surface area contributed by atoms with Crippen LogP contribution in [-0.4, -0.2) is 30.6 Å². The number of hydrogen-bond donors (Lipinski definition) is 2. The maximum Gasteiger partial charge on any atom is 0.321 e. The predicted octanol–water partition coefficient (Wildman–Crippen LogP) is -0.444. The van der Waals surface area contributed by atoms with Gasteiger partial charge in [-0.3, -0.25) is 10.1 Å². The first kappa shape index (κ1) is 11.3. The van der Waals surface area contributed by atoms with E-state index >= 15 is 0 Å². The molecule has 0 bridgehead atoms. The van der Waals surface area contributed by atoms with E-state index in [0.717, 1.165) is 0 Å². The van der Waals surface area contributed by atoms with Gasteiger partial charge >= 0.3 is 6.03 Å².